The molecule has 18 heavy (non-hydrogen) atoms. The molecule has 1 aromatic heterocycles. The van der Waals surface area contributed by atoms with Gasteiger partial charge in [-0.15, -0.1) is 0 Å². The Balaban J connectivity index is 2.57. The number of amides is 1. The molecule has 2 N–H and O–H groups in total. The van der Waals surface area contributed by atoms with Crippen molar-refractivity contribution in [3.05, 3.63) is 11.8 Å². The minimum atomic E-state index is -1.11. The van der Waals surface area contributed by atoms with Crippen LogP contribution in [0.2, 0.25) is 0 Å². The molecule has 0 spiro atoms. The highest BCUT2D eigenvalue weighted by molar-refractivity contribution is 5.91. The van der Waals surface area contributed by atoms with Gasteiger partial charge in [0.25, 0.3) is 0 Å². The van der Waals surface area contributed by atoms with E-state index in [0.29, 0.717) is 11.6 Å². The van der Waals surface area contributed by atoms with E-state index in [9.17, 15) is 9.59 Å². The summed E-state index contributed by atoms with van der Waals surface area (Å²) in [5.41, 5.74) is -1.11. The van der Waals surface area contributed by atoms with E-state index in [-0.39, 0.29) is 12.5 Å². The first-order chi connectivity index (χ1) is 8.23. The summed E-state index contributed by atoms with van der Waals surface area (Å²) >= 11 is 0. The first-order valence-electron chi connectivity index (χ1n) is 5.41. The number of rotatable bonds is 5. The highest BCUT2D eigenvalue weighted by Gasteiger charge is 2.33. The maximum atomic E-state index is 11.7. The number of hydrogen-bond donors (Lipinski definition) is 2. The minimum absolute atomic E-state index is 0.0504. The Morgan fingerprint density at radius 1 is 1.56 bits per heavy atom. The number of likely N-dealkylation sites (N-methyl/N-ethyl adjacent to an activating group) is 1. The van der Waals surface area contributed by atoms with Gasteiger partial charge in [-0.2, -0.15) is 0 Å². The van der Waals surface area contributed by atoms with E-state index in [1.54, 1.807) is 20.0 Å². The summed E-state index contributed by atoms with van der Waals surface area (Å²) in [6.07, 6.45) is 0. The van der Waals surface area contributed by atoms with Gasteiger partial charge < -0.3 is 14.9 Å². The number of carbonyl (C=O) groups is 2. The van der Waals surface area contributed by atoms with Crippen LogP contribution in [-0.2, 0) is 9.59 Å². The molecule has 0 radical (unpaired) electrons. The summed E-state index contributed by atoms with van der Waals surface area (Å²) in [4.78, 5) is 24.1. The maximum absolute atomic E-state index is 11.7. The van der Waals surface area contributed by atoms with Crippen LogP contribution in [0.1, 0.15) is 19.6 Å². The van der Waals surface area contributed by atoms with Gasteiger partial charge in [-0.05, 0) is 27.8 Å². The van der Waals surface area contributed by atoms with Gasteiger partial charge in [0.2, 0.25) is 5.91 Å². The Morgan fingerprint density at radius 2 is 2.17 bits per heavy atom. The number of nitrogens with zero attached hydrogens (tertiary/aromatic N) is 2. The highest BCUT2D eigenvalue weighted by Crippen LogP contribution is 2.12. The van der Waals surface area contributed by atoms with Crippen molar-refractivity contribution in [2.75, 3.05) is 18.9 Å². The van der Waals surface area contributed by atoms with Crippen LogP contribution in [0.3, 0.4) is 0 Å². The van der Waals surface area contributed by atoms with Crippen molar-refractivity contribution in [2.24, 2.45) is 0 Å². The molecule has 0 saturated heterocycles. The summed E-state index contributed by atoms with van der Waals surface area (Å²) in [6, 6.07) is 1.58. The second kappa shape index (κ2) is 5.18. The number of carbonyl (C=O) groups excluding carboxylic acids is 1. The maximum Gasteiger partial charge on any atom is 0.323 e. The van der Waals surface area contributed by atoms with Crippen LogP contribution in [-0.4, -0.2) is 46.2 Å². The molecular weight excluding hydrogens is 238 g/mol. The van der Waals surface area contributed by atoms with Crippen molar-refractivity contribution in [3.8, 4) is 0 Å². The summed E-state index contributed by atoms with van der Waals surface area (Å²) < 4.78 is 4.80. The summed E-state index contributed by atoms with van der Waals surface area (Å²) in [5, 5.41) is 15.2. The van der Waals surface area contributed by atoms with E-state index in [4.69, 9.17) is 9.63 Å². The van der Waals surface area contributed by atoms with E-state index < -0.39 is 11.5 Å². The Labute approximate surface area is 105 Å². The number of nitrogens with one attached hydrogen (secondary N) is 1. The molecule has 7 nitrogen and oxygen atoms in total. The largest absolute Gasteiger partial charge is 0.480 e. The lowest BCUT2D eigenvalue weighted by Gasteiger charge is -2.30. The van der Waals surface area contributed by atoms with Gasteiger partial charge in [0.1, 0.15) is 11.3 Å². The molecule has 0 saturated carbocycles. The highest BCUT2D eigenvalue weighted by atomic mass is 16.5. The predicted molar refractivity (Wildman–Crippen MR) is 64.2 cm³/mol. The van der Waals surface area contributed by atoms with Crippen LogP contribution in [0.4, 0.5) is 5.82 Å². The average molecular weight is 255 g/mol. The number of aromatic nitrogens is 1. The van der Waals surface area contributed by atoms with E-state index in [2.05, 4.69) is 10.5 Å². The van der Waals surface area contributed by atoms with Crippen molar-refractivity contribution >= 4 is 17.7 Å². The number of carboxylic acid groups (broad SMARTS) is 1. The number of anilines is 1. The zero-order valence-corrected chi connectivity index (χ0v) is 10.9. The molecule has 0 aromatic carbocycles. The zero-order chi connectivity index (χ0) is 13.9. The average Bonchev–Trinajstić information content (AvgIpc) is 2.63. The van der Waals surface area contributed by atoms with E-state index in [0.717, 1.165) is 0 Å². The smallest absolute Gasteiger partial charge is 0.323 e. The van der Waals surface area contributed by atoms with Crippen LogP contribution in [0.15, 0.2) is 10.6 Å². The predicted octanol–water partition coefficient (Wildman–Crippen LogP) is 0.717. The van der Waals surface area contributed by atoms with Crippen molar-refractivity contribution in [2.45, 2.75) is 26.3 Å². The molecule has 1 aromatic rings. The standard InChI is InChI=1S/C11H17N3O4/c1-7-5-8(13-18-7)12-9(15)6-14(4)11(2,3)10(16)17/h5H,6H2,1-4H3,(H,16,17)(H,12,13,15). The molecular formula is C11H17N3O4. The van der Waals surface area contributed by atoms with E-state index in [1.165, 1.54) is 18.7 Å². The molecule has 1 rings (SSSR count). The minimum Gasteiger partial charge on any atom is -0.480 e. The third-order valence-corrected chi connectivity index (χ3v) is 2.75. The van der Waals surface area contributed by atoms with Crippen LogP contribution in [0.25, 0.3) is 0 Å². The first-order valence-corrected chi connectivity index (χ1v) is 5.41. The summed E-state index contributed by atoms with van der Waals surface area (Å²) in [5.74, 6) is -0.432. The van der Waals surface area contributed by atoms with Gasteiger partial charge in [0, 0.05) is 6.07 Å². The molecule has 0 aliphatic carbocycles. The van der Waals surface area contributed by atoms with Gasteiger partial charge in [0.15, 0.2) is 5.82 Å². The van der Waals surface area contributed by atoms with Crippen molar-refractivity contribution in [3.63, 3.8) is 0 Å². The Hall–Kier alpha value is -1.89. The molecule has 0 atom stereocenters. The lowest BCUT2D eigenvalue weighted by Crippen LogP contribution is -2.50. The third kappa shape index (κ3) is 3.30. The monoisotopic (exact) mass is 255 g/mol. The van der Waals surface area contributed by atoms with E-state index >= 15 is 0 Å². The second-order valence-corrected chi connectivity index (χ2v) is 4.59. The summed E-state index contributed by atoms with van der Waals surface area (Å²) in [6.45, 7) is 4.72. The first kappa shape index (κ1) is 14.2. The van der Waals surface area contributed by atoms with Gasteiger partial charge in [-0.1, -0.05) is 5.16 Å². The fraction of sp³-hybridized carbons (Fsp3) is 0.545. The molecule has 1 amide bonds. The van der Waals surface area contributed by atoms with Crippen LogP contribution in [0.5, 0.6) is 0 Å². The molecule has 0 fully saturated rings. The topological polar surface area (TPSA) is 95.7 Å². The number of aryl methyl sites for hydroxylation is 1. The summed E-state index contributed by atoms with van der Waals surface area (Å²) in [7, 11) is 1.57. The number of aliphatic carboxylic acids is 1. The van der Waals surface area contributed by atoms with Crippen molar-refractivity contribution in [1.82, 2.24) is 10.1 Å². The van der Waals surface area contributed by atoms with Gasteiger partial charge >= 0.3 is 5.97 Å². The molecule has 0 bridgehead atoms. The van der Waals surface area contributed by atoms with Crippen molar-refractivity contribution in [1.29, 1.82) is 0 Å². The molecule has 7 heteroatoms. The quantitative estimate of drug-likeness (QED) is 0.804. The number of carboxylic acids is 1. The van der Waals surface area contributed by atoms with Crippen LogP contribution in [0, 0.1) is 6.92 Å². The van der Waals surface area contributed by atoms with Crippen LogP contribution >= 0.6 is 0 Å². The molecule has 100 valence electrons. The van der Waals surface area contributed by atoms with Crippen LogP contribution < -0.4 is 5.32 Å². The van der Waals surface area contributed by atoms with Gasteiger partial charge in [-0.3, -0.25) is 14.5 Å². The Morgan fingerprint density at radius 3 is 2.61 bits per heavy atom. The molecule has 0 aliphatic heterocycles. The Kier molecular flexibility index (Phi) is 4.07. The molecule has 0 unspecified atom stereocenters. The second-order valence-electron chi connectivity index (χ2n) is 4.59. The normalized spacial score (nSPS) is 11.6. The van der Waals surface area contributed by atoms with Gasteiger partial charge in [0.05, 0.1) is 6.54 Å². The zero-order valence-electron chi connectivity index (χ0n) is 10.9. The SMILES string of the molecule is Cc1cc(NC(=O)CN(C)C(C)(C)C(=O)O)no1. The fourth-order valence-corrected chi connectivity index (χ4v) is 1.18. The van der Waals surface area contributed by atoms with Crippen molar-refractivity contribution < 1.29 is 19.2 Å². The Bertz CT molecular complexity index is 453. The third-order valence-electron chi connectivity index (χ3n) is 2.75. The fourth-order valence-electron chi connectivity index (χ4n) is 1.18. The van der Waals surface area contributed by atoms with E-state index in [1.807, 2.05) is 0 Å². The molecule has 1 heterocycles. The lowest BCUT2D eigenvalue weighted by atomic mass is 10.0. The molecule has 0 aliphatic rings. The lowest BCUT2D eigenvalue weighted by molar-refractivity contribution is -0.148. The number of hydrogen-bond acceptors (Lipinski definition) is 5. The van der Waals surface area contributed by atoms with Gasteiger partial charge in [-0.25, -0.2) is 0 Å².